The van der Waals surface area contributed by atoms with Crippen LogP contribution in [0.3, 0.4) is 0 Å². The first-order chi connectivity index (χ1) is 13.5. The third-order valence-electron chi connectivity index (χ3n) is 6.45. The number of aromatic nitrogens is 1. The van der Waals surface area contributed by atoms with Crippen LogP contribution in [0.25, 0.3) is 11.1 Å². The van der Waals surface area contributed by atoms with E-state index in [-0.39, 0.29) is 5.56 Å². The Bertz CT molecular complexity index is 764. The van der Waals surface area contributed by atoms with Crippen LogP contribution in [0.2, 0.25) is 0 Å². The van der Waals surface area contributed by atoms with Gasteiger partial charge in [0.15, 0.2) is 5.82 Å². The zero-order valence-corrected chi connectivity index (χ0v) is 16.9. The zero-order valence-electron chi connectivity index (χ0n) is 16.9. The first kappa shape index (κ1) is 20.9. The molecule has 1 fully saturated rings. The summed E-state index contributed by atoms with van der Waals surface area (Å²) in [6, 6.07) is 8.39. The summed E-state index contributed by atoms with van der Waals surface area (Å²) in [5, 5.41) is 0. The van der Waals surface area contributed by atoms with E-state index in [1.165, 1.54) is 56.9 Å². The molecule has 0 amide bonds. The van der Waals surface area contributed by atoms with Crippen LogP contribution in [0, 0.1) is 29.5 Å². The maximum absolute atomic E-state index is 13.9. The van der Waals surface area contributed by atoms with Gasteiger partial charge in [0.1, 0.15) is 0 Å². The van der Waals surface area contributed by atoms with Crippen LogP contribution >= 0.6 is 0 Å². The van der Waals surface area contributed by atoms with Crippen molar-refractivity contribution in [2.75, 3.05) is 0 Å². The molecule has 2 aromatic rings. The van der Waals surface area contributed by atoms with E-state index >= 15 is 0 Å². The van der Waals surface area contributed by atoms with E-state index in [0.29, 0.717) is 17.4 Å². The van der Waals surface area contributed by atoms with Crippen LogP contribution in [0.4, 0.5) is 13.2 Å². The van der Waals surface area contributed by atoms with E-state index in [4.69, 9.17) is 0 Å². The summed E-state index contributed by atoms with van der Waals surface area (Å²) >= 11 is 0. The van der Waals surface area contributed by atoms with Crippen LogP contribution in [-0.4, -0.2) is 4.98 Å². The van der Waals surface area contributed by atoms with Crippen LogP contribution in [-0.2, 0) is 0 Å². The number of hydrogen-bond acceptors (Lipinski definition) is 1. The van der Waals surface area contributed by atoms with Crippen LogP contribution in [0.1, 0.15) is 76.7 Å². The summed E-state index contributed by atoms with van der Waals surface area (Å²) in [4.78, 5) is 3.01. The third-order valence-corrected chi connectivity index (χ3v) is 6.45. The van der Waals surface area contributed by atoms with Crippen molar-refractivity contribution in [1.82, 2.24) is 4.98 Å². The molecule has 28 heavy (non-hydrogen) atoms. The van der Waals surface area contributed by atoms with Gasteiger partial charge in [0, 0.05) is 5.56 Å². The molecule has 1 aromatic carbocycles. The van der Waals surface area contributed by atoms with Crippen molar-refractivity contribution in [2.45, 2.75) is 71.1 Å². The molecule has 0 spiro atoms. The molecule has 1 heterocycles. The van der Waals surface area contributed by atoms with Crippen molar-refractivity contribution in [1.29, 1.82) is 0 Å². The highest BCUT2D eigenvalue weighted by Crippen LogP contribution is 2.40. The number of nitrogens with zero attached hydrogens (tertiary/aromatic N) is 1. The maximum atomic E-state index is 13.9. The fourth-order valence-electron chi connectivity index (χ4n) is 4.55. The minimum absolute atomic E-state index is 0.00862. The lowest BCUT2D eigenvalue weighted by Crippen LogP contribution is -2.19. The number of halogens is 3. The minimum Gasteiger partial charge on any atom is -0.202 e. The molecule has 1 aliphatic rings. The molecule has 0 aliphatic heterocycles. The average molecular weight is 390 g/mol. The van der Waals surface area contributed by atoms with Gasteiger partial charge in [-0.15, -0.1) is 0 Å². The standard InChI is InChI=1S/C24H30F3N/c1-3-4-5-6-17-7-9-18(10-8-17)16(2)19-11-13-20(14-12-19)21-15-22(25)24(27)28-23(21)26/h11-18H,3-10H2,1-2H3. The highest BCUT2D eigenvalue weighted by Gasteiger charge is 2.26. The molecule has 0 N–H and O–H groups in total. The van der Waals surface area contributed by atoms with Gasteiger partial charge in [0.25, 0.3) is 5.95 Å². The number of unbranched alkanes of at least 4 members (excludes halogenated alkanes) is 2. The topological polar surface area (TPSA) is 12.9 Å². The largest absolute Gasteiger partial charge is 0.251 e. The SMILES string of the molecule is CCCCCC1CCC(C(C)c2ccc(-c3cc(F)c(F)nc3F)cc2)CC1. The number of pyridine rings is 1. The maximum Gasteiger partial charge on any atom is 0.251 e. The second-order valence-electron chi connectivity index (χ2n) is 8.29. The lowest BCUT2D eigenvalue weighted by atomic mass is 9.73. The van der Waals surface area contributed by atoms with Gasteiger partial charge in [-0.3, -0.25) is 0 Å². The van der Waals surface area contributed by atoms with Gasteiger partial charge in [0.2, 0.25) is 5.95 Å². The second kappa shape index (κ2) is 9.58. The van der Waals surface area contributed by atoms with Crippen LogP contribution in [0.15, 0.2) is 30.3 Å². The molecule has 1 atom stereocenters. The number of rotatable bonds is 7. The van der Waals surface area contributed by atoms with E-state index in [1.54, 1.807) is 12.1 Å². The quantitative estimate of drug-likeness (QED) is 0.350. The van der Waals surface area contributed by atoms with Gasteiger partial charge in [-0.25, -0.2) is 4.39 Å². The van der Waals surface area contributed by atoms with Crippen molar-refractivity contribution in [2.24, 2.45) is 11.8 Å². The van der Waals surface area contributed by atoms with Crippen molar-refractivity contribution in [3.63, 3.8) is 0 Å². The summed E-state index contributed by atoms with van der Waals surface area (Å²) in [7, 11) is 0. The fourth-order valence-corrected chi connectivity index (χ4v) is 4.55. The second-order valence-corrected chi connectivity index (χ2v) is 8.29. The van der Waals surface area contributed by atoms with Crippen molar-refractivity contribution in [3.8, 4) is 11.1 Å². The molecule has 3 rings (SSSR count). The minimum atomic E-state index is -1.41. The summed E-state index contributed by atoms with van der Waals surface area (Å²) in [6.45, 7) is 4.51. The van der Waals surface area contributed by atoms with Gasteiger partial charge in [-0.05, 0) is 47.8 Å². The summed E-state index contributed by atoms with van der Waals surface area (Å²) in [6.07, 6.45) is 10.5. The predicted octanol–water partition coefficient (Wildman–Crippen LogP) is 7.66. The molecule has 1 aliphatic carbocycles. The zero-order chi connectivity index (χ0) is 20.1. The number of benzene rings is 1. The van der Waals surface area contributed by atoms with Gasteiger partial charge in [-0.1, -0.05) is 76.6 Å². The van der Waals surface area contributed by atoms with E-state index in [9.17, 15) is 13.2 Å². The van der Waals surface area contributed by atoms with Gasteiger partial charge in [0.05, 0.1) is 0 Å². The molecule has 0 saturated heterocycles. The fraction of sp³-hybridized carbons (Fsp3) is 0.542. The molecule has 0 bridgehead atoms. The lowest BCUT2D eigenvalue weighted by Gasteiger charge is -2.32. The molecular weight excluding hydrogens is 359 g/mol. The molecule has 1 nitrogen and oxygen atoms in total. The van der Waals surface area contributed by atoms with Crippen molar-refractivity contribution >= 4 is 0 Å². The Labute approximate surface area is 166 Å². The van der Waals surface area contributed by atoms with E-state index in [0.717, 1.165) is 12.0 Å². The van der Waals surface area contributed by atoms with E-state index in [2.05, 4.69) is 18.8 Å². The van der Waals surface area contributed by atoms with E-state index < -0.39 is 17.7 Å². The van der Waals surface area contributed by atoms with Crippen LogP contribution in [0.5, 0.6) is 0 Å². The van der Waals surface area contributed by atoms with Crippen LogP contribution < -0.4 is 0 Å². The molecule has 1 saturated carbocycles. The Hall–Kier alpha value is -1.84. The highest BCUT2D eigenvalue weighted by atomic mass is 19.2. The Morgan fingerprint density at radius 2 is 1.64 bits per heavy atom. The average Bonchev–Trinajstić information content (AvgIpc) is 2.71. The molecule has 1 aromatic heterocycles. The first-order valence-corrected chi connectivity index (χ1v) is 10.6. The Balaban J connectivity index is 1.62. The molecular formula is C24H30F3N. The summed E-state index contributed by atoms with van der Waals surface area (Å²) < 4.78 is 40.4. The molecule has 0 radical (unpaired) electrons. The molecule has 1 unspecified atom stereocenters. The third kappa shape index (κ3) is 4.95. The van der Waals surface area contributed by atoms with E-state index in [1.807, 2.05) is 12.1 Å². The Kier molecular flexibility index (Phi) is 7.14. The van der Waals surface area contributed by atoms with Crippen molar-refractivity contribution in [3.05, 3.63) is 53.6 Å². The van der Waals surface area contributed by atoms with Gasteiger partial charge < -0.3 is 0 Å². The first-order valence-electron chi connectivity index (χ1n) is 10.6. The van der Waals surface area contributed by atoms with Crippen molar-refractivity contribution < 1.29 is 13.2 Å². The monoisotopic (exact) mass is 389 g/mol. The summed E-state index contributed by atoms with van der Waals surface area (Å²) in [5.41, 5.74) is 1.72. The predicted molar refractivity (Wildman–Crippen MR) is 108 cm³/mol. The van der Waals surface area contributed by atoms with Gasteiger partial charge >= 0.3 is 0 Å². The molecule has 4 heteroatoms. The highest BCUT2D eigenvalue weighted by molar-refractivity contribution is 5.63. The Morgan fingerprint density at radius 1 is 0.964 bits per heavy atom. The van der Waals surface area contributed by atoms with Gasteiger partial charge in [-0.2, -0.15) is 13.8 Å². The smallest absolute Gasteiger partial charge is 0.202 e. The summed E-state index contributed by atoms with van der Waals surface area (Å²) in [5.74, 6) is -1.52. The normalized spacial score (nSPS) is 20.9. The Morgan fingerprint density at radius 3 is 2.29 bits per heavy atom. The lowest BCUT2D eigenvalue weighted by molar-refractivity contribution is 0.236. The number of hydrogen-bond donors (Lipinski definition) is 0. The molecule has 152 valence electrons.